The Morgan fingerprint density at radius 1 is 1.40 bits per heavy atom. The quantitative estimate of drug-likeness (QED) is 0.715. The van der Waals surface area contributed by atoms with Crippen molar-refractivity contribution in [1.29, 1.82) is 0 Å². The number of rotatable bonds is 8. The first-order valence-corrected chi connectivity index (χ1v) is 7.44. The highest BCUT2D eigenvalue weighted by Gasteiger charge is 2.29. The molecule has 1 rings (SSSR count). The van der Waals surface area contributed by atoms with E-state index in [1.165, 1.54) is 18.4 Å². The second-order valence-electron chi connectivity index (χ2n) is 6.01. The predicted molar refractivity (Wildman–Crippen MR) is 83.3 cm³/mol. The van der Waals surface area contributed by atoms with Crippen molar-refractivity contribution in [3.05, 3.63) is 35.4 Å². The number of carboxylic acid groups (broad SMARTS) is 1. The van der Waals surface area contributed by atoms with E-state index in [1.54, 1.807) is 13.8 Å². The van der Waals surface area contributed by atoms with Crippen molar-refractivity contribution >= 4 is 5.97 Å². The van der Waals surface area contributed by atoms with Crippen LogP contribution in [0.2, 0.25) is 0 Å². The van der Waals surface area contributed by atoms with E-state index in [0.29, 0.717) is 5.92 Å². The third-order valence-corrected chi connectivity index (χ3v) is 3.87. The summed E-state index contributed by atoms with van der Waals surface area (Å²) in [7, 11) is 0. The van der Waals surface area contributed by atoms with Gasteiger partial charge in [0.05, 0.1) is 5.41 Å². The molecule has 0 bridgehead atoms. The van der Waals surface area contributed by atoms with Gasteiger partial charge >= 0.3 is 5.97 Å². The molecule has 1 aromatic rings. The minimum absolute atomic E-state index is 0.386. The molecule has 20 heavy (non-hydrogen) atoms. The zero-order valence-electron chi connectivity index (χ0n) is 13.1. The maximum atomic E-state index is 11.3. The van der Waals surface area contributed by atoms with E-state index in [0.717, 1.165) is 18.7 Å². The van der Waals surface area contributed by atoms with Crippen LogP contribution in [0.1, 0.15) is 57.6 Å². The van der Waals surface area contributed by atoms with Crippen LogP contribution < -0.4 is 5.32 Å². The largest absolute Gasteiger partial charge is 0.481 e. The molecule has 0 radical (unpaired) electrons. The summed E-state index contributed by atoms with van der Waals surface area (Å²) in [5.74, 6) is -0.403. The fourth-order valence-electron chi connectivity index (χ4n) is 2.10. The molecule has 0 fully saturated rings. The maximum Gasteiger partial charge on any atom is 0.313 e. The average molecular weight is 277 g/mol. The van der Waals surface area contributed by atoms with Crippen molar-refractivity contribution in [3.8, 4) is 0 Å². The molecule has 112 valence electrons. The SMILES string of the molecule is CCCCNCC(C)c1cccc(C(C)(C)C(=O)O)c1. The first-order valence-electron chi connectivity index (χ1n) is 7.44. The smallest absolute Gasteiger partial charge is 0.313 e. The van der Waals surface area contributed by atoms with Crippen molar-refractivity contribution in [3.63, 3.8) is 0 Å². The predicted octanol–water partition coefficient (Wildman–Crippen LogP) is 3.54. The van der Waals surface area contributed by atoms with Crippen molar-refractivity contribution in [2.75, 3.05) is 13.1 Å². The third-order valence-electron chi connectivity index (χ3n) is 3.87. The molecular formula is C17H27NO2. The van der Waals surface area contributed by atoms with E-state index in [1.807, 2.05) is 18.2 Å². The summed E-state index contributed by atoms with van der Waals surface area (Å²) in [4.78, 5) is 11.3. The Labute approximate surface area is 122 Å². The molecule has 1 atom stereocenters. The van der Waals surface area contributed by atoms with Crippen LogP contribution in [0.25, 0.3) is 0 Å². The van der Waals surface area contributed by atoms with Crippen LogP contribution in [0, 0.1) is 0 Å². The first kappa shape index (κ1) is 16.7. The molecule has 0 saturated carbocycles. The number of hydrogen-bond acceptors (Lipinski definition) is 2. The van der Waals surface area contributed by atoms with Crippen LogP contribution in [0.4, 0.5) is 0 Å². The molecule has 1 aromatic carbocycles. The number of unbranched alkanes of at least 4 members (excludes halogenated alkanes) is 1. The van der Waals surface area contributed by atoms with Gasteiger partial charge in [-0.1, -0.05) is 44.5 Å². The van der Waals surface area contributed by atoms with Gasteiger partial charge in [0.2, 0.25) is 0 Å². The number of benzene rings is 1. The molecule has 0 aliphatic rings. The highest BCUT2D eigenvalue weighted by molar-refractivity contribution is 5.80. The minimum Gasteiger partial charge on any atom is -0.481 e. The van der Waals surface area contributed by atoms with Crippen LogP contribution >= 0.6 is 0 Å². The summed E-state index contributed by atoms with van der Waals surface area (Å²) < 4.78 is 0. The fourth-order valence-corrected chi connectivity index (χ4v) is 2.10. The Hall–Kier alpha value is -1.35. The monoisotopic (exact) mass is 277 g/mol. The summed E-state index contributed by atoms with van der Waals surface area (Å²) in [6, 6.07) is 7.96. The summed E-state index contributed by atoms with van der Waals surface area (Å²) in [5, 5.41) is 12.8. The van der Waals surface area contributed by atoms with E-state index < -0.39 is 11.4 Å². The van der Waals surface area contributed by atoms with E-state index in [9.17, 15) is 9.90 Å². The lowest BCUT2D eigenvalue weighted by Crippen LogP contribution is -2.28. The lowest BCUT2D eigenvalue weighted by Gasteiger charge is -2.22. The van der Waals surface area contributed by atoms with Crippen LogP contribution in [-0.2, 0) is 10.2 Å². The van der Waals surface area contributed by atoms with Gasteiger partial charge in [0.15, 0.2) is 0 Å². The molecule has 0 spiro atoms. The summed E-state index contributed by atoms with van der Waals surface area (Å²) in [6.07, 6.45) is 2.39. The summed E-state index contributed by atoms with van der Waals surface area (Å²) in [6.45, 7) is 9.82. The highest BCUT2D eigenvalue weighted by atomic mass is 16.4. The van der Waals surface area contributed by atoms with E-state index in [4.69, 9.17) is 0 Å². The van der Waals surface area contributed by atoms with Crippen molar-refractivity contribution < 1.29 is 9.90 Å². The minimum atomic E-state index is -0.842. The van der Waals surface area contributed by atoms with Gasteiger partial charge in [0.1, 0.15) is 0 Å². The lowest BCUT2D eigenvalue weighted by molar-refractivity contribution is -0.142. The molecule has 1 unspecified atom stereocenters. The van der Waals surface area contributed by atoms with Crippen molar-refractivity contribution in [1.82, 2.24) is 5.32 Å². The number of aliphatic carboxylic acids is 1. The Balaban J connectivity index is 2.75. The van der Waals surface area contributed by atoms with Crippen molar-refractivity contribution in [2.45, 2.75) is 51.9 Å². The van der Waals surface area contributed by atoms with Crippen LogP contribution in [0.5, 0.6) is 0 Å². The molecule has 0 amide bonds. The zero-order chi connectivity index (χ0) is 15.2. The van der Waals surface area contributed by atoms with Gasteiger partial charge in [-0.2, -0.15) is 0 Å². The normalized spacial score (nSPS) is 13.2. The molecule has 0 aliphatic carbocycles. The first-order chi connectivity index (χ1) is 9.39. The van der Waals surface area contributed by atoms with Gasteiger partial charge in [-0.05, 0) is 43.9 Å². The molecule has 0 saturated heterocycles. The molecular weight excluding hydrogens is 250 g/mol. The molecule has 3 nitrogen and oxygen atoms in total. The number of hydrogen-bond donors (Lipinski definition) is 2. The van der Waals surface area contributed by atoms with Gasteiger partial charge in [0, 0.05) is 6.54 Å². The van der Waals surface area contributed by atoms with E-state index >= 15 is 0 Å². The molecule has 0 aromatic heterocycles. The number of nitrogens with one attached hydrogen (secondary N) is 1. The van der Waals surface area contributed by atoms with Crippen LogP contribution in [-0.4, -0.2) is 24.2 Å². The van der Waals surface area contributed by atoms with Gasteiger partial charge in [-0.25, -0.2) is 0 Å². The second kappa shape index (κ2) is 7.44. The molecule has 0 heterocycles. The van der Waals surface area contributed by atoms with Crippen LogP contribution in [0.3, 0.4) is 0 Å². The number of carbonyl (C=O) groups is 1. The second-order valence-corrected chi connectivity index (χ2v) is 6.01. The Bertz CT molecular complexity index is 440. The molecule has 2 N–H and O–H groups in total. The van der Waals surface area contributed by atoms with E-state index in [2.05, 4.69) is 25.2 Å². The highest BCUT2D eigenvalue weighted by Crippen LogP contribution is 2.26. The average Bonchev–Trinajstić information content (AvgIpc) is 2.43. The Morgan fingerprint density at radius 2 is 2.10 bits per heavy atom. The van der Waals surface area contributed by atoms with Gasteiger partial charge in [-0.3, -0.25) is 4.79 Å². The Kier molecular flexibility index (Phi) is 6.21. The lowest BCUT2D eigenvalue weighted by atomic mass is 9.83. The topological polar surface area (TPSA) is 49.3 Å². The zero-order valence-corrected chi connectivity index (χ0v) is 13.1. The van der Waals surface area contributed by atoms with Crippen LogP contribution in [0.15, 0.2) is 24.3 Å². The molecule has 0 aliphatic heterocycles. The summed E-state index contributed by atoms with van der Waals surface area (Å²) in [5.41, 5.74) is 1.22. The van der Waals surface area contributed by atoms with Gasteiger partial charge in [-0.15, -0.1) is 0 Å². The maximum absolute atomic E-state index is 11.3. The standard InChI is InChI=1S/C17H27NO2/c1-5-6-10-18-12-13(2)14-8-7-9-15(11-14)17(3,4)16(19)20/h7-9,11,13,18H,5-6,10,12H2,1-4H3,(H,19,20). The van der Waals surface area contributed by atoms with Gasteiger partial charge in [0.25, 0.3) is 0 Å². The molecule has 3 heteroatoms. The Morgan fingerprint density at radius 3 is 2.70 bits per heavy atom. The fraction of sp³-hybridized carbons (Fsp3) is 0.588. The third kappa shape index (κ3) is 4.34. The van der Waals surface area contributed by atoms with Crippen molar-refractivity contribution in [2.24, 2.45) is 0 Å². The van der Waals surface area contributed by atoms with Gasteiger partial charge < -0.3 is 10.4 Å². The summed E-state index contributed by atoms with van der Waals surface area (Å²) >= 11 is 0. The van der Waals surface area contributed by atoms with E-state index in [-0.39, 0.29) is 0 Å². The number of carboxylic acids is 1.